The van der Waals surface area contributed by atoms with Crippen LogP contribution in [-0.4, -0.2) is 87.3 Å². The average Bonchev–Trinajstić information content (AvgIpc) is 3.90. The van der Waals surface area contributed by atoms with Crippen molar-refractivity contribution in [2.45, 2.75) is 38.7 Å². The molecule has 8 aromatic rings. The predicted molar refractivity (Wildman–Crippen MR) is 219 cm³/mol. The Morgan fingerprint density at radius 3 is 1.62 bits per heavy atom. The van der Waals surface area contributed by atoms with E-state index >= 15 is 0 Å². The molecule has 9 rings (SSSR count). The van der Waals surface area contributed by atoms with Gasteiger partial charge < -0.3 is 20.1 Å². The number of nitrogens with one attached hydrogen (secondary N) is 2. The zero-order chi connectivity index (χ0) is 42.5. The van der Waals surface area contributed by atoms with E-state index in [0.717, 1.165) is 35.5 Å². The van der Waals surface area contributed by atoms with E-state index in [1.165, 1.54) is 25.6 Å². The minimum absolute atomic E-state index is 0.172. The number of ether oxygens (including phenoxy) is 2. The highest BCUT2D eigenvalue weighted by atomic mass is 19.3. The fourth-order valence-electron chi connectivity index (χ4n) is 6.77. The van der Waals surface area contributed by atoms with E-state index in [1.807, 2.05) is 36.2 Å². The number of likely N-dealkylation sites (tertiary alicyclic amines) is 1. The van der Waals surface area contributed by atoms with Crippen LogP contribution < -0.4 is 20.1 Å². The van der Waals surface area contributed by atoms with Crippen LogP contribution in [0.25, 0.3) is 34.1 Å². The maximum Gasteiger partial charge on any atom is 0.250 e. The Labute approximate surface area is 346 Å². The van der Waals surface area contributed by atoms with Gasteiger partial charge in [0.15, 0.2) is 23.3 Å². The third kappa shape index (κ3) is 9.01. The number of fused-ring (bicyclic) bond motifs is 2. The normalized spacial score (nSPS) is 13.8. The number of nitrogens with zero attached hydrogens (tertiary/aromatic N) is 11. The van der Waals surface area contributed by atoms with Gasteiger partial charge in [0.05, 0.1) is 38.0 Å². The van der Waals surface area contributed by atoms with E-state index < -0.39 is 17.6 Å². The molecule has 2 N–H and O–H groups in total. The Hall–Kier alpha value is -7.28. The van der Waals surface area contributed by atoms with E-state index in [0.29, 0.717) is 77.3 Å². The Balaban J connectivity index is 0.000000173. The highest BCUT2D eigenvalue weighted by molar-refractivity contribution is 5.79. The molecule has 1 saturated heterocycles. The van der Waals surface area contributed by atoms with Crippen LogP contribution in [-0.2, 0) is 13.0 Å². The first-order chi connectivity index (χ1) is 29.6. The molecule has 19 heteroatoms. The lowest BCUT2D eigenvalue weighted by molar-refractivity contribution is -0.0565. The third-order valence-electron chi connectivity index (χ3n) is 9.93. The number of alkyl halides is 2. The summed E-state index contributed by atoms with van der Waals surface area (Å²) in [6, 6.07) is 17.5. The summed E-state index contributed by atoms with van der Waals surface area (Å²) in [6.07, 6.45) is 9.33. The Kier molecular flexibility index (Phi) is 11.6. The number of aryl methyl sites for hydroxylation is 1. The summed E-state index contributed by atoms with van der Waals surface area (Å²) < 4.78 is 69.4. The zero-order valence-corrected chi connectivity index (χ0v) is 33.2. The summed E-state index contributed by atoms with van der Waals surface area (Å²) in [4.78, 5) is 27.6. The largest absolute Gasteiger partial charge is 0.481 e. The first-order valence-corrected chi connectivity index (χ1v) is 19.2. The van der Waals surface area contributed by atoms with Gasteiger partial charge in [-0.3, -0.25) is 14.9 Å². The maximum absolute atomic E-state index is 14.4. The molecule has 8 aromatic heterocycles. The van der Waals surface area contributed by atoms with E-state index in [9.17, 15) is 17.6 Å². The molecule has 61 heavy (non-hydrogen) atoms. The smallest absolute Gasteiger partial charge is 0.250 e. The second-order valence-corrected chi connectivity index (χ2v) is 13.9. The highest BCUT2D eigenvalue weighted by Gasteiger charge is 2.34. The highest BCUT2D eigenvalue weighted by Crippen LogP contribution is 2.32. The summed E-state index contributed by atoms with van der Waals surface area (Å²) in [5, 5.41) is 15.3. The summed E-state index contributed by atoms with van der Waals surface area (Å²) >= 11 is 0. The van der Waals surface area contributed by atoms with Crippen molar-refractivity contribution in [1.82, 2.24) is 54.0 Å². The quantitative estimate of drug-likeness (QED) is 0.121. The molecule has 0 spiro atoms. The van der Waals surface area contributed by atoms with Gasteiger partial charge in [-0.2, -0.15) is 0 Å². The molecular weight excluding hydrogens is 795 g/mol. The van der Waals surface area contributed by atoms with Crippen LogP contribution in [0.15, 0.2) is 97.8 Å². The molecule has 1 fully saturated rings. The number of halogens is 4. The molecule has 1 aliphatic rings. The van der Waals surface area contributed by atoms with Crippen molar-refractivity contribution in [2.24, 2.45) is 0 Å². The Morgan fingerprint density at radius 2 is 1.15 bits per heavy atom. The Morgan fingerprint density at radius 1 is 0.656 bits per heavy atom. The van der Waals surface area contributed by atoms with Crippen molar-refractivity contribution in [2.75, 3.05) is 37.9 Å². The van der Waals surface area contributed by atoms with Gasteiger partial charge in [-0.15, -0.1) is 10.2 Å². The number of hydrogen-bond donors (Lipinski definition) is 2. The van der Waals surface area contributed by atoms with Crippen LogP contribution in [0.2, 0.25) is 0 Å². The van der Waals surface area contributed by atoms with Crippen LogP contribution in [0, 0.1) is 11.6 Å². The molecular formula is C42H39F4N13O2. The molecule has 15 nitrogen and oxygen atoms in total. The van der Waals surface area contributed by atoms with Gasteiger partial charge in [0, 0.05) is 69.4 Å². The van der Waals surface area contributed by atoms with Crippen molar-refractivity contribution in [3.63, 3.8) is 0 Å². The van der Waals surface area contributed by atoms with E-state index in [2.05, 4.69) is 50.7 Å². The summed E-state index contributed by atoms with van der Waals surface area (Å²) in [5.41, 5.74) is 4.84. The van der Waals surface area contributed by atoms with Crippen molar-refractivity contribution >= 4 is 34.0 Å². The van der Waals surface area contributed by atoms with Crippen LogP contribution >= 0.6 is 0 Å². The Bertz CT molecular complexity index is 2810. The van der Waals surface area contributed by atoms with Gasteiger partial charge in [0.1, 0.15) is 22.4 Å². The van der Waals surface area contributed by atoms with Gasteiger partial charge in [-0.1, -0.05) is 19.1 Å². The molecule has 0 atom stereocenters. The number of methoxy groups -OCH3 is 2. The molecule has 0 aliphatic carbocycles. The summed E-state index contributed by atoms with van der Waals surface area (Å²) in [7, 11) is 3.07. The van der Waals surface area contributed by atoms with Gasteiger partial charge >= 0.3 is 0 Å². The lowest BCUT2D eigenvalue weighted by Crippen LogP contribution is -2.38. The fraction of sp³-hybridized carbons (Fsp3) is 0.238. The van der Waals surface area contributed by atoms with Crippen LogP contribution in [0.1, 0.15) is 30.9 Å². The lowest BCUT2D eigenvalue weighted by atomic mass is 10.1. The minimum Gasteiger partial charge on any atom is -0.481 e. The molecule has 1 aliphatic heterocycles. The molecule has 0 amide bonds. The van der Waals surface area contributed by atoms with Crippen molar-refractivity contribution in [3.8, 4) is 34.8 Å². The van der Waals surface area contributed by atoms with E-state index in [4.69, 9.17) is 9.47 Å². The number of aromatic nitrogens is 10. The minimum atomic E-state index is -2.62. The first-order valence-electron chi connectivity index (χ1n) is 19.2. The molecule has 312 valence electrons. The molecule has 0 bridgehead atoms. The fourth-order valence-corrected chi connectivity index (χ4v) is 6.77. The SMILES string of the molecule is CCc1ccn2nc(-c3cccc(OC)n3)nc(Nc3ccncc3F)c12.COc1cccc(-c2nc(Nc3ccncc3F)c3c(CN4CCC(F)(F)CC4)ccn3n2)n1. The number of rotatable bonds is 11. The molecule has 0 radical (unpaired) electrons. The van der Waals surface area contributed by atoms with Crippen LogP contribution in [0.3, 0.4) is 0 Å². The van der Waals surface area contributed by atoms with E-state index in [1.54, 1.807) is 58.7 Å². The third-order valence-corrected chi connectivity index (χ3v) is 9.93. The average molecular weight is 834 g/mol. The summed E-state index contributed by atoms with van der Waals surface area (Å²) in [5.74, 6) is -1.17. The predicted octanol–water partition coefficient (Wildman–Crippen LogP) is 7.95. The molecule has 9 heterocycles. The molecule has 0 unspecified atom stereocenters. The standard InChI is InChI=1S/C23H22F3N7O.C19H17FN6O/c1-34-19-4-2-3-18(28-19)21-30-22(29-17-5-9-27-13-16(17)24)20-15(6-10-33(20)31-21)14-32-11-7-23(25,26)8-12-32;1-3-12-8-10-26-17(12)19(23-14-7-9-21-11-13(14)20)24-18(25-26)15-5-4-6-16(22-15)27-2/h2-6,9-10,13H,7-8,11-12,14H2,1H3,(H,27,29,30,31);4-11H,3H2,1-2H3,(H,21,23,24,25). The lowest BCUT2D eigenvalue weighted by Gasteiger charge is -2.31. The topological polar surface area (TPSA) is 158 Å². The number of hydrogen-bond acceptors (Lipinski definition) is 13. The van der Waals surface area contributed by atoms with Gasteiger partial charge in [-0.05, 0) is 53.9 Å². The number of pyridine rings is 4. The van der Waals surface area contributed by atoms with E-state index in [-0.39, 0.29) is 18.5 Å². The van der Waals surface area contributed by atoms with Gasteiger partial charge in [0.25, 0.3) is 5.92 Å². The van der Waals surface area contributed by atoms with Crippen LogP contribution in [0.4, 0.5) is 40.6 Å². The second kappa shape index (κ2) is 17.5. The molecule has 0 saturated carbocycles. The number of piperidine rings is 1. The van der Waals surface area contributed by atoms with Gasteiger partial charge in [0.2, 0.25) is 23.4 Å². The maximum atomic E-state index is 14.4. The van der Waals surface area contributed by atoms with Crippen molar-refractivity contribution < 1.29 is 27.0 Å². The number of anilines is 4. The first kappa shape index (κ1) is 40.5. The van der Waals surface area contributed by atoms with Crippen LogP contribution in [0.5, 0.6) is 11.8 Å². The zero-order valence-electron chi connectivity index (χ0n) is 33.2. The second-order valence-electron chi connectivity index (χ2n) is 13.9. The summed E-state index contributed by atoms with van der Waals surface area (Å²) in [6.45, 7) is 3.07. The monoisotopic (exact) mass is 833 g/mol. The van der Waals surface area contributed by atoms with Crippen molar-refractivity contribution in [3.05, 3.63) is 121 Å². The molecule has 0 aromatic carbocycles. The van der Waals surface area contributed by atoms with Gasteiger partial charge in [-0.25, -0.2) is 46.5 Å². The van der Waals surface area contributed by atoms with Crippen molar-refractivity contribution in [1.29, 1.82) is 0 Å².